The van der Waals surface area contributed by atoms with Crippen molar-refractivity contribution in [3.05, 3.63) is 34.4 Å². The summed E-state index contributed by atoms with van der Waals surface area (Å²) < 4.78 is 15.5. The molecule has 0 aliphatic rings. The Bertz CT molecular complexity index is 495. The van der Waals surface area contributed by atoms with Crippen LogP contribution in [0.2, 0.25) is 0 Å². The van der Waals surface area contributed by atoms with Gasteiger partial charge in [-0.15, -0.1) is 0 Å². The van der Waals surface area contributed by atoms with Gasteiger partial charge in [0.15, 0.2) is 0 Å². The van der Waals surface area contributed by atoms with Crippen LogP contribution in [-0.2, 0) is 9.47 Å². The monoisotopic (exact) mass is 297 g/mol. The Labute approximate surface area is 123 Å². The molecule has 0 bridgehead atoms. The molecule has 116 valence electrons. The van der Waals surface area contributed by atoms with Crippen LogP contribution in [0.25, 0.3) is 0 Å². The zero-order valence-corrected chi connectivity index (χ0v) is 12.5. The molecule has 0 aliphatic carbocycles. The van der Waals surface area contributed by atoms with Crippen molar-refractivity contribution in [2.45, 2.75) is 39.4 Å². The van der Waals surface area contributed by atoms with Crippen LogP contribution in [0.4, 0.5) is 10.5 Å². The molecule has 0 unspecified atom stereocenters. The van der Waals surface area contributed by atoms with Crippen LogP contribution in [0.3, 0.4) is 0 Å². The minimum atomic E-state index is -0.888. The van der Waals surface area contributed by atoms with E-state index >= 15 is 0 Å². The first kappa shape index (κ1) is 16.9. The second-order valence-electron chi connectivity index (χ2n) is 5.32. The molecule has 0 saturated heterocycles. The first-order chi connectivity index (χ1) is 9.69. The third-order valence-corrected chi connectivity index (χ3v) is 2.37. The van der Waals surface area contributed by atoms with E-state index in [1.807, 2.05) is 13.8 Å². The lowest BCUT2D eigenvalue weighted by molar-refractivity contribution is -0.384. The maximum atomic E-state index is 11.7. The molecular weight excluding hydrogens is 278 g/mol. The summed E-state index contributed by atoms with van der Waals surface area (Å²) >= 11 is 0. The maximum Gasteiger partial charge on any atom is 0.514 e. The highest BCUT2D eigenvalue weighted by Gasteiger charge is 2.25. The maximum absolute atomic E-state index is 11.7. The third-order valence-electron chi connectivity index (χ3n) is 2.37. The van der Waals surface area contributed by atoms with Crippen molar-refractivity contribution >= 4 is 11.8 Å². The van der Waals surface area contributed by atoms with Gasteiger partial charge < -0.3 is 14.2 Å². The van der Waals surface area contributed by atoms with Gasteiger partial charge in [0.2, 0.25) is 0 Å². The third kappa shape index (κ3) is 6.22. The van der Waals surface area contributed by atoms with E-state index in [0.717, 1.165) is 0 Å². The van der Waals surface area contributed by atoms with E-state index in [4.69, 9.17) is 14.2 Å². The first-order valence-corrected chi connectivity index (χ1v) is 6.46. The van der Waals surface area contributed by atoms with E-state index in [0.29, 0.717) is 0 Å². The zero-order valence-electron chi connectivity index (χ0n) is 12.5. The summed E-state index contributed by atoms with van der Waals surface area (Å²) in [5.74, 6) is 0.172. The van der Waals surface area contributed by atoms with Gasteiger partial charge in [-0.3, -0.25) is 10.1 Å². The molecule has 21 heavy (non-hydrogen) atoms. The number of ether oxygens (including phenoxy) is 3. The number of rotatable bonds is 6. The average molecular weight is 297 g/mol. The van der Waals surface area contributed by atoms with Crippen LogP contribution in [0.15, 0.2) is 24.3 Å². The molecule has 0 saturated carbocycles. The number of hydrogen-bond acceptors (Lipinski definition) is 6. The van der Waals surface area contributed by atoms with Crippen LogP contribution < -0.4 is 4.74 Å². The van der Waals surface area contributed by atoms with Crippen molar-refractivity contribution in [2.75, 3.05) is 6.61 Å². The fourth-order valence-corrected chi connectivity index (χ4v) is 1.38. The largest absolute Gasteiger partial charge is 0.514 e. The van der Waals surface area contributed by atoms with Gasteiger partial charge in [-0.05, 0) is 39.8 Å². The van der Waals surface area contributed by atoms with Crippen molar-refractivity contribution in [1.82, 2.24) is 0 Å². The van der Waals surface area contributed by atoms with Crippen molar-refractivity contribution in [3.63, 3.8) is 0 Å². The van der Waals surface area contributed by atoms with E-state index in [1.165, 1.54) is 24.3 Å². The Hall–Kier alpha value is -2.15. The van der Waals surface area contributed by atoms with Gasteiger partial charge in [0.1, 0.15) is 11.4 Å². The Morgan fingerprint density at radius 3 is 2.33 bits per heavy atom. The lowest BCUT2D eigenvalue weighted by Crippen LogP contribution is -2.35. The molecule has 0 N–H and O–H groups in total. The summed E-state index contributed by atoms with van der Waals surface area (Å²) in [7, 11) is 0. The molecule has 0 radical (unpaired) electrons. The highest BCUT2D eigenvalue weighted by atomic mass is 16.7. The lowest BCUT2D eigenvalue weighted by Gasteiger charge is -2.25. The van der Waals surface area contributed by atoms with Crippen LogP contribution in [0.5, 0.6) is 5.75 Å². The quantitative estimate of drug-likeness (QED) is 0.346. The van der Waals surface area contributed by atoms with Crippen LogP contribution in [-0.4, -0.2) is 29.4 Å². The second-order valence-corrected chi connectivity index (χ2v) is 5.32. The summed E-state index contributed by atoms with van der Waals surface area (Å²) in [6, 6.07) is 5.15. The van der Waals surface area contributed by atoms with Gasteiger partial charge >= 0.3 is 6.16 Å². The van der Waals surface area contributed by atoms with E-state index < -0.39 is 16.7 Å². The van der Waals surface area contributed by atoms with Gasteiger partial charge in [-0.1, -0.05) is 0 Å². The summed E-state index contributed by atoms with van der Waals surface area (Å²) in [4.78, 5) is 21.6. The molecule has 7 heteroatoms. The molecule has 1 rings (SSSR count). The predicted octanol–water partition coefficient (Wildman–Crippen LogP) is 3.31. The number of carbonyl (C=O) groups is 1. The van der Waals surface area contributed by atoms with E-state index in [2.05, 4.69) is 0 Å². The number of nitro benzene ring substituents is 1. The smallest absolute Gasteiger partial charge is 0.426 e. The average Bonchev–Trinajstić information content (AvgIpc) is 2.36. The highest BCUT2D eigenvalue weighted by Crippen LogP contribution is 2.19. The Balaban J connectivity index is 2.54. The summed E-state index contributed by atoms with van der Waals surface area (Å²) in [6.07, 6.45) is -0.861. The van der Waals surface area contributed by atoms with Crippen molar-refractivity contribution in [1.29, 1.82) is 0 Å². The number of hydrogen-bond donors (Lipinski definition) is 0. The Morgan fingerprint density at radius 2 is 1.86 bits per heavy atom. The van der Waals surface area contributed by atoms with E-state index in [-0.39, 0.29) is 24.1 Å². The fourth-order valence-electron chi connectivity index (χ4n) is 1.38. The number of benzene rings is 1. The summed E-state index contributed by atoms with van der Waals surface area (Å²) in [5.41, 5.74) is -0.913. The van der Waals surface area contributed by atoms with Crippen molar-refractivity contribution < 1.29 is 23.9 Å². The van der Waals surface area contributed by atoms with E-state index in [1.54, 1.807) is 13.8 Å². The zero-order chi connectivity index (χ0) is 16.0. The van der Waals surface area contributed by atoms with Gasteiger partial charge in [0, 0.05) is 12.1 Å². The van der Waals surface area contributed by atoms with Gasteiger partial charge in [-0.25, -0.2) is 4.79 Å². The standard InChI is InChI=1S/C14H19NO6/c1-10(2)19-9-14(3,4)21-13(16)20-12-7-5-11(6-8-12)15(17)18/h5-8,10H,9H2,1-4H3. The summed E-state index contributed by atoms with van der Waals surface area (Å²) in [5, 5.41) is 10.5. The number of carbonyl (C=O) groups excluding carboxylic acids is 1. The highest BCUT2D eigenvalue weighted by molar-refractivity contribution is 5.64. The number of nitro groups is 1. The van der Waals surface area contributed by atoms with Crippen LogP contribution in [0, 0.1) is 10.1 Å². The first-order valence-electron chi connectivity index (χ1n) is 6.46. The molecule has 0 amide bonds. The van der Waals surface area contributed by atoms with Crippen LogP contribution >= 0.6 is 0 Å². The molecule has 0 aromatic heterocycles. The normalized spacial score (nSPS) is 11.3. The SMILES string of the molecule is CC(C)OCC(C)(C)OC(=O)Oc1ccc([N+](=O)[O-])cc1. The van der Waals surface area contributed by atoms with Gasteiger partial charge in [0.05, 0.1) is 17.6 Å². The number of nitrogens with zero attached hydrogens (tertiary/aromatic N) is 1. The van der Waals surface area contributed by atoms with Crippen molar-refractivity contribution in [2.24, 2.45) is 0 Å². The minimum Gasteiger partial charge on any atom is -0.426 e. The molecular formula is C14H19NO6. The molecule has 0 fully saturated rings. The molecule has 1 aromatic carbocycles. The van der Waals surface area contributed by atoms with Gasteiger partial charge in [-0.2, -0.15) is 0 Å². The molecule has 0 atom stereocenters. The predicted molar refractivity (Wildman–Crippen MR) is 75.4 cm³/mol. The molecule has 0 spiro atoms. The fraction of sp³-hybridized carbons (Fsp3) is 0.500. The van der Waals surface area contributed by atoms with Crippen LogP contribution in [0.1, 0.15) is 27.7 Å². The summed E-state index contributed by atoms with van der Waals surface area (Å²) in [6.45, 7) is 7.40. The molecule has 0 heterocycles. The Morgan fingerprint density at radius 1 is 1.29 bits per heavy atom. The van der Waals surface area contributed by atoms with E-state index in [9.17, 15) is 14.9 Å². The molecule has 7 nitrogen and oxygen atoms in total. The van der Waals surface area contributed by atoms with Crippen molar-refractivity contribution in [3.8, 4) is 5.75 Å². The van der Waals surface area contributed by atoms with Gasteiger partial charge in [0.25, 0.3) is 5.69 Å². The minimum absolute atomic E-state index is 0.0265. The number of non-ortho nitro benzene ring substituents is 1. The second kappa shape index (κ2) is 7.03. The molecule has 0 aliphatic heterocycles. The molecule has 1 aromatic rings. The topological polar surface area (TPSA) is 87.9 Å². The Kier molecular flexibility index (Phi) is 5.66. The lowest BCUT2D eigenvalue weighted by atomic mass is 10.1.